The van der Waals surface area contributed by atoms with Crippen LogP contribution in [0.5, 0.6) is 0 Å². The minimum atomic E-state index is -0.641. The second kappa shape index (κ2) is 8.41. The Labute approximate surface area is 159 Å². The van der Waals surface area contributed by atoms with Crippen molar-refractivity contribution in [2.75, 3.05) is 17.2 Å². The monoisotopic (exact) mass is 385 g/mol. The maximum absolute atomic E-state index is 13.9. The van der Waals surface area contributed by atoms with Gasteiger partial charge in [-0.2, -0.15) is 0 Å². The number of carbonyl (C=O) groups is 2. The van der Waals surface area contributed by atoms with Gasteiger partial charge in [0.15, 0.2) is 5.13 Å². The first-order valence-corrected chi connectivity index (χ1v) is 8.96. The quantitative estimate of drug-likeness (QED) is 0.663. The molecule has 0 atom stereocenters. The zero-order valence-electron chi connectivity index (χ0n) is 14.4. The Hall–Kier alpha value is -3.26. The third kappa shape index (κ3) is 4.48. The van der Waals surface area contributed by atoms with Crippen LogP contribution in [0.1, 0.15) is 17.3 Å². The Bertz CT molecular complexity index is 960. The SMILES string of the molecule is CCOC(=O)Nc1nc(-c2ccccc2)c(NC(=O)c2ccccc2F)s1. The average molecular weight is 385 g/mol. The lowest BCUT2D eigenvalue weighted by atomic mass is 10.1. The molecule has 0 aliphatic rings. The number of anilines is 2. The number of rotatable bonds is 5. The predicted molar refractivity (Wildman–Crippen MR) is 103 cm³/mol. The highest BCUT2D eigenvalue weighted by Gasteiger charge is 2.19. The molecular formula is C19H16FN3O3S. The lowest BCUT2D eigenvalue weighted by Gasteiger charge is -2.06. The Morgan fingerprint density at radius 3 is 2.48 bits per heavy atom. The molecule has 0 unspecified atom stereocenters. The average Bonchev–Trinajstić information content (AvgIpc) is 3.05. The van der Waals surface area contributed by atoms with Crippen molar-refractivity contribution in [2.45, 2.75) is 6.92 Å². The number of nitrogens with zero attached hydrogens (tertiary/aromatic N) is 1. The fraction of sp³-hybridized carbons (Fsp3) is 0.105. The predicted octanol–water partition coefficient (Wildman–Crippen LogP) is 4.77. The molecule has 2 amide bonds. The normalized spacial score (nSPS) is 10.3. The molecule has 1 heterocycles. The molecule has 0 aliphatic heterocycles. The summed E-state index contributed by atoms with van der Waals surface area (Å²) in [7, 11) is 0. The molecule has 2 aromatic carbocycles. The van der Waals surface area contributed by atoms with E-state index in [9.17, 15) is 14.0 Å². The summed E-state index contributed by atoms with van der Waals surface area (Å²) in [4.78, 5) is 28.5. The summed E-state index contributed by atoms with van der Waals surface area (Å²) in [6.07, 6.45) is -0.641. The number of ether oxygens (including phenoxy) is 1. The van der Waals surface area contributed by atoms with Gasteiger partial charge in [-0.1, -0.05) is 53.8 Å². The van der Waals surface area contributed by atoms with Gasteiger partial charge in [0.05, 0.1) is 12.2 Å². The van der Waals surface area contributed by atoms with E-state index in [0.717, 1.165) is 16.9 Å². The van der Waals surface area contributed by atoms with Crippen molar-refractivity contribution in [3.8, 4) is 11.3 Å². The summed E-state index contributed by atoms with van der Waals surface area (Å²) >= 11 is 1.06. The van der Waals surface area contributed by atoms with Crippen molar-refractivity contribution in [1.29, 1.82) is 0 Å². The Balaban J connectivity index is 1.92. The summed E-state index contributed by atoms with van der Waals surface area (Å²) in [6, 6.07) is 14.9. The van der Waals surface area contributed by atoms with Crippen LogP contribution in [0.15, 0.2) is 54.6 Å². The van der Waals surface area contributed by atoms with Crippen LogP contribution in [-0.2, 0) is 4.74 Å². The molecular weight excluding hydrogens is 369 g/mol. The van der Waals surface area contributed by atoms with Crippen molar-refractivity contribution in [3.05, 3.63) is 66.0 Å². The van der Waals surface area contributed by atoms with E-state index in [0.29, 0.717) is 10.7 Å². The number of thiazole rings is 1. The second-order valence-electron chi connectivity index (χ2n) is 5.34. The Morgan fingerprint density at radius 1 is 1.07 bits per heavy atom. The third-order valence-corrected chi connectivity index (χ3v) is 4.39. The van der Waals surface area contributed by atoms with Crippen LogP contribution in [0.25, 0.3) is 11.3 Å². The van der Waals surface area contributed by atoms with E-state index in [4.69, 9.17) is 4.74 Å². The zero-order chi connectivity index (χ0) is 19.2. The van der Waals surface area contributed by atoms with Gasteiger partial charge in [0.1, 0.15) is 16.5 Å². The second-order valence-corrected chi connectivity index (χ2v) is 6.34. The van der Waals surface area contributed by atoms with Crippen LogP contribution in [0.2, 0.25) is 0 Å². The van der Waals surface area contributed by atoms with Gasteiger partial charge >= 0.3 is 6.09 Å². The molecule has 138 valence electrons. The van der Waals surface area contributed by atoms with Crippen molar-refractivity contribution in [2.24, 2.45) is 0 Å². The van der Waals surface area contributed by atoms with Crippen molar-refractivity contribution >= 4 is 33.5 Å². The van der Waals surface area contributed by atoms with Gasteiger partial charge in [0, 0.05) is 5.56 Å². The van der Waals surface area contributed by atoms with E-state index in [1.54, 1.807) is 13.0 Å². The molecule has 0 aliphatic carbocycles. The van der Waals surface area contributed by atoms with Gasteiger partial charge in [-0.3, -0.25) is 10.1 Å². The van der Waals surface area contributed by atoms with Crippen molar-refractivity contribution < 1.29 is 18.7 Å². The number of nitrogens with one attached hydrogen (secondary N) is 2. The van der Waals surface area contributed by atoms with Crippen molar-refractivity contribution in [3.63, 3.8) is 0 Å². The largest absolute Gasteiger partial charge is 0.450 e. The molecule has 3 rings (SSSR count). The van der Waals surface area contributed by atoms with Crippen LogP contribution in [0.3, 0.4) is 0 Å². The molecule has 0 bridgehead atoms. The van der Waals surface area contributed by atoms with Gasteiger partial charge in [-0.25, -0.2) is 14.2 Å². The molecule has 0 saturated heterocycles. The fourth-order valence-electron chi connectivity index (χ4n) is 2.32. The van der Waals surface area contributed by atoms with Gasteiger partial charge in [-0.05, 0) is 19.1 Å². The first kappa shape index (κ1) is 18.5. The standard InChI is InChI=1S/C19H16FN3O3S/c1-2-26-19(25)23-18-21-15(12-8-4-3-5-9-12)17(27-18)22-16(24)13-10-6-7-11-14(13)20/h3-11H,2H2,1H3,(H,22,24)(H,21,23,25). The van der Waals surface area contributed by atoms with E-state index in [1.807, 2.05) is 30.3 Å². The highest BCUT2D eigenvalue weighted by Crippen LogP contribution is 2.36. The molecule has 1 aromatic heterocycles. The van der Waals surface area contributed by atoms with Crippen molar-refractivity contribution in [1.82, 2.24) is 4.98 Å². The Morgan fingerprint density at radius 2 is 1.78 bits per heavy atom. The number of aromatic nitrogens is 1. The van der Waals surface area contributed by atoms with Gasteiger partial charge < -0.3 is 10.1 Å². The lowest BCUT2D eigenvalue weighted by molar-refractivity contribution is 0.102. The van der Waals surface area contributed by atoms with Gasteiger partial charge in [0.25, 0.3) is 5.91 Å². The van der Waals surface area contributed by atoms with Crippen LogP contribution in [0, 0.1) is 5.82 Å². The topological polar surface area (TPSA) is 80.3 Å². The Kier molecular flexibility index (Phi) is 5.77. The fourth-order valence-corrected chi connectivity index (χ4v) is 3.19. The minimum Gasteiger partial charge on any atom is -0.450 e. The number of amides is 2. The summed E-state index contributed by atoms with van der Waals surface area (Å²) in [5, 5.41) is 5.85. The summed E-state index contributed by atoms with van der Waals surface area (Å²) in [5.41, 5.74) is 1.14. The van der Waals surface area contributed by atoms with Crippen LogP contribution < -0.4 is 10.6 Å². The van der Waals surface area contributed by atoms with E-state index >= 15 is 0 Å². The van der Waals surface area contributed by atoms with E-state index in [-0.39, 0.29) is 17.3 Å². The third-order valence-electron chi connectivity index (χ3n) is 3.50. The highest BCUT2D eigenvalue weighted by atomic mass is 32.1. The number of hydrogen-bond acceptors (Lipinski definition) is 5. The van der Waals surface area contributed by atoms with Crippen LogP contribution >= 0.6 is 11.3 Å². The minimum absolute atomic E-state index is 0.0789. The molecule has 0 radical (unpaired) electrons. The number of hydrogen-bond donors (Lipinski definition) is 2. The summed E-state index contributed by atoms with van der Waals surface area (Å²) < 4.78 is 18.7. The molecule has 6 nitrogen and oxygen atoms in total. The number of carbonyl (C=O) groups excluding carboxylic acids is 2. The zero-order valence-corrected chi connectivity index (χ0v) is 15.2. The summed E-state index contributed by atoms with van der Waals surface area (Å²) in [6.45, 7) is 1.91. The lowest BCUT2D eigenvalue weighted by Crippen LogP contribution is -2.13. The molecule has 2 N–H and O–H groups in total. The van der Waals surface area contributed by atoms with E-state index in [2.05, 4.69) is 15.6 Å². The maximum atomic E-state index is 13.9. The van der Waals surface area contributed by atoms with Gasteiger partial charge in [0.2, 0.25) is 0 Å². The van der Waals surface area contributed by atoms with Crippen LogP contribution in [0.4, 0.5) is 19.3 Å². The smallest absolute Gasteiger partial charge is 0.413 e. The summed E-state index contributed by atoms with van der Waals surface area (Å²) in [5.74, 6) is -1.22. The maximum Gasteiger partial charge on any atom is 0.413 e. The highest BCUT2D eigenvalue weighted by molar-refractivity contribution is 7.20. The first-order valence-electron chi connectivity index (χ1n) is 8.14. The van der Waals surface area contributed by atoms with E-state index in [1.165, 1.54) is 18.2 Å². The molecule has 27 heavy (non-hydrogen) atoms. The van der Waals surface area contributed by atoms with Gasteiger partial charge in [-0.15, -0.1) is 0 Å². The molecule has 0 saturated carbocycles. The molecule has 3 aromatic rings. The van der Waals surface area contributed by atoms with E-state index < -0.39 is 17.8 Å². The first-order chi connectivity index (χ1) is 13.1. The number of halogens is 1. The van der Waals surface area contributed by atoms with Crippen LogP contribution in [-0.4, -0.2) is 23.6 Å². The molecule has 8 heteroatoms. The molecule has 0 spiro atoms. The molecule has 0 fully saturated rings. The number of benzene rings is 2.